The number of Topliss-reactive ketones (excluding diaryl/α,β-unsaturated/α-hetero) is 1. The quantitative estimate of drug-likeness (QED) is 0.759. The third-order valence-corrected chi connectivity index (χ3v) is 4.43. The summed E-state index contributed by atoms with van der Waals surface area (Å²) < 4.78 is 0. The molecule has 0 bridgehead atoms. The van der Waals surface area contributed by atoms with Crippen LogP contribution < -0.4 is 0 Å². The average Bonchev–Trinajstić information content (AvgIpc) is 2.81. The summed E-state index contributed by atoms with van der Waals surface area (Å²) in [6.07, 6.45) is 0.558. The summed E-state index contributed by atoms with van der Waals surface area (Å²) in [7, 11) is 0. The van der Waals surface area contributed by atoms with Crippen LogP contribution in [0.4, 0.5) is 0 Å². The molecule has 0 amide bonds. The van der Waals surface area contributed by atoms with Crippen LogP contribution in [0.1, 0.15) is 11.1 Å². The van der Waals surface area contributed by atoms with Crippen LogP contribution in [0.25, 0.3) is 0 Å². The normalized spacial score (nSPS) is 10.4. The minimum atomic E-state index is 0.289. The van der Waals surface area contributed by atoms with Crippen molar-refractivity contribution >= 4 is 28.9 Å². The zero-order valence-corrected chi connectivity index (χ0v) is 11.3. The zero-order chi connectivity index (χ0) is 12.1. The molecule has 17 heavy (non-hydrogen) atoms. The van der Waals surface area contributed by atoms with Crippen LogP contribution in [0.3, 0.4) is 0 Å². The molecular formula is C14H14OS2. The smallest absolute Gasteiger partial charge is 0.147 e. The van der Waals surface area contributed by atoms with Crippen LogP contribution in [0.2, 0.25) is 0 Å². The number of thiophene rings is 1. The van der Waals surface area contributed by atoms with E-state index in [1.165, 1.54) is 10.5 Å². The predicted molar refractivity (Wildman–Crippen MR) is 74.9 cm³/mol. The molecule has 2 aromatic rings. The topological polar surface area (TPSA) is 17.1 Å². The summed E-state index contributed by atoms with van der Waals surface area (Å²) in [5.74, 6) is 0.845. The van der Waals surface area contributed by atoms with Gasteiger partial charge in [-0.3, -0.25) is 4.79 Å². The molecule has 88 valence electrons. The summed E-state index contributed by atoms with van der Waals surface area (Å²) in [6, 6.07) is 10.2. The van der Waals surface area contributed by atoms with E-state index in [4.69, 9.17) is 0 Å². The Bertz CT molecular complexity index is 489. The molecule has 1 aromatic carbocycles. The number of carbonyl (C=O) groups excluding carboxylic acids is 1. The highest BCUT2D eigenvalue weighted by Crippen LogP contribution is 2.22. The van der Waals surface area contributed by atoms with E-state index in [1.54, 1.807) is 23.1 Å². The van der Waals surface area contributed by atoms with E-state index in [0.29, 0.717) is 12.2 Å². The van der Waals surface area contributed by atoms with E-state index in [1.807, 2.05) is 29.0 Å². The minimum Gasteiger partial charge on any atom is -0.298 e. The lowest BCUT2D eigenvalue weighted by Crippen LogP contribution is -2.04. The maximum absolute atomic E-state index is 11.8. The Morgan fingerprint density at radius 1 is 1.29 bits per heavy atom. The molecule has 0 spiro atoms. The monoisotopic (exact) mass is 262 g/mol. The van der Waals surface area contributed by atoms with Gasteiger partial charge in [0.25, 0.3) is 0 Å². The lowest BCUT2D eigenvalue weighted by atomic mass is 10.2. The zero-order valence-electron chi connectivity index (χ0n) is 9.68. The van der Waals surface area contributed by atoms with Gasteiger partial charge in [0, 0.05) is 11.3 Å². The largest absolute Gasteiger partial charge is 0.298 e. The van der Waals surface area contributed by atoms with Gasteiger partial charge in [-0.2, -0.15) is 11.3 Å². The third-order valence-electron chi connectivity index (χ3n) is 2.46. The van der Waals surface area contributed by atoms with E-state index in [9.17, 15) is 4.79 Å². The van der Waals surface area contributed by atoms with E-state index < -0.39 is 0 Å². The van der Waals surface area contributed by atoms with Gasteiger partial charge in [0.05, 0.1) is 5.75 Å². The Morgan fingerprint density at radius 3 is 2.82 bits per heavy atom. The summed E-state index contributed by atoms with van der Waals surface area (Å²) in [6.45, 7) is 2.08. The summed E-state index contributed by atoms with van der Waals surface area (Å²) >= 11 is 3.27. The van der Waals surface area contributed by atoms with Gasteiger partial charge in [-0.15, -0.1) is 11.8 Å². The second kappa shape index (κ2) is 6.03. The van der Waals surface area contributed by atoms with E-state index in [0.717, 1.165) is 5.56 Å². The Kier molecular flexibility index (Phi) is 4.40. The fourth-order valence-electron chi connectivity index (χ4n) is 1.55. The van der Waals surface area contributed by atoms with Gasteiger partial charge < -0.3 is 0 Å². The molecule has 0 fully saturated rings. The van der Waals surface area contributed by atoms with Crippen molar-refractivity contribution in [3.05, 3.63) is 52.2 Å². The van der Waals surface area contributed by atoms with Gasteiger partial charge >= 0.3 is 0 Å². The number of hydrogen-bond donors (Lipinski definition) is 0. The summed E-state index contributed by atoms with van der Waals surface area (Å²) in [5, 5.41) is 4.05. The number of ketones is 1. The highest BCUT2D eigenvalue weighted by Gasteiger charge is 2.06. The van der Waals surface area contributed by atoms with Crippen molar-refractivity contribution in [1.29, 1.82) is 0 Å². The van der Waals surface area contributed by atoms with Gasteiger partial charge in [0.15, 0.2) is 0 Å². The number of hydrogen-bond acceptors (Lipinski definition) is 3. The molecule has 0 aliphatic rings. The fourth-order valence-corrected chi connectivity index (χ4v) is 3.11. The van der Waals surface area contributed by atoms with Crippen LogP contribution in [0, 0.1) is 6.92 Å². The van der Waals surface area contributed by atoms with Crippen LogP contribution in [0.5, 0.6) is 0 Å². The Labute approximate surface area is 110 Å². The van der Waals surface area contributed by atoms with Gasteiger partial charge in [0.1, 0.15) is 5.78 Å². The third kappa shape index (κ3) is 3.72. The molecule has 0 atom stereocenters. The van der Waals surface area contributed by atoms with Crippen molar-refractivity contribution in [2.75, 3.05) is 5.75 Å². The fraction of sp³-hybridized carbons (Fsp3) is 0.214. The van der Waals surface area contributed by atoms with Crippen molar-refractivity contribution in [1.82, 2.24) is 0 Å². The number of rotatable bonds is 5. The average molecular weight is 262 g/mol. The molecular weight excluding hydrogens is 248 g/mol. The maximum Gasteiger partial charge on any atom is 0.147 e. The van der Waals surface area contributed by atoms with Crippen molar-refractivity contribution in [3.8, 4) is 0 Å². The number of thioether (sulfide) groups is 1. The lowest BCUT2D eigenvalue weighted by molar-refractivity contribution is -0.115. The van der Waals surface area contributed by atoms with Crippen LogP contribution >= 0.6 is 23.1 Å². The van der Waals surface area contributed by atoms with E-state index in [-0.39, 0.29) is 5.78 Å². The second-order valence-electron chi connectivity index (χ2n) is 3.90. The minimum absolute atomic E-state index is 0.289. The molecule has 2 rings (SSSR count). The highest BCUT2D eigenvalue weighted by atomic mass is 32.2. The summed E-state index contributed by atoms with van der Waals surface area (Å²) in [5.41, 5.74) is 2.37. The molecule has 0 radical (unpaired) electrons. The molecule has 1 nitrogen and oxygen atoms in total. The first kappa shape index (κ1) is 12.4. The standard InChI is InChI=1S/C14H14OS2/c1-11-4-2-3-5-14(11)17-10-13(15)8-12-6-7-16-9-12/h2-7,9H,8,10H2,1H3. The Hall–Kier alpha value is -1.06. The van der Waals surface area contributed by atoms with Crippen molar-refractivity contribution in [3.63, 3.8) is 0 Å². The van der Waals surface area contributed by atoms with E-state index >= 15 is 0 Å². The first-order chi connectivity index (χ1) is 8.25. The Morgan fingerprint density at radius 2 is 2.12 bits per heavy atom. The molecule has 0 N–H and O–H groups in total. The first-order valence-electron chi connectivity index (χ1n) is 5.47. The van der Waals surface area contributed by atoms with E-state index in [2.05, 4.69) is 19.1 Å². The van der Waals surface area contributed by atoms with Gasteiger partial charge in [-0.1, -0.05) is 18.2 Å². The highest BCUT2D eigenvalue weighted by molar-refractivity contribution is 8.00. The Balaban J connectivity index is 1.86. The van der Waals surface area contributed by atoms with Crippen molar-refractivity contribution in [2.24, 2.45) is 0 Å². The van der Waals surface area contributed by atoms with Gasteiger partial charge in [-0.05, 0) is 40.9 Å². The molecule has 1 heterocycles. The molecule has 0 saturated heterocycles. The van der Waals surface area contributed by atoms with Crippen LogP contribution in [-0.4, -0.2) is 11.5 Å². The molecule has 1 aromatic heterocycles. The number of aryl methyl sites for hydroxylation is 1. The van der Waals surface area contributed by atoms with Crippen molar-refractivity contribution in [2.45, 2.75) is 18.2 Å². The number of carbonyl (C=O) groups is 1. The lowest BCUT2D eigenvalue weighted by Gasteiger charge is -2.04. The molecule has 0 saturated carbocycles. The maximum atomic E-state index is 11.8. The second-order valence-corrected chi connectivity index (χ2v) is 5.70. The molecule has 3 heteroatoms. The first-order valence-corrected chi connectivity index (χ1v) is 7.40. The summed E-state index contributed by atoms with van der Waals surface area (Å²) in [4.78, 5) is 13.0. The van der Waals surface area contributed by atoms with Crippen LogP contribution in [0.15, 0.2) is 46.0 Å². The SMILES string of the molecule is Cc1ccccc1SCC(=O)Cc1ccsc1. The molecule has 0 aliphatic heterocycles. The van der Waals surface area contributed by atoms with Gasteiger partial charge in [-0.25, -0.2) is 0 Å². The van der Waals surface area contributed by atoms with Crippen molar-refractivity contribution < 1.29 is 4.79 Å². The predicted octanol–water partition coefficient (Wildman–Crippen LogP) is 3.96. The van der Waals surface area contributed by atoms with Gasteiger partial charge in [0.2, 0.25) is 0 Å². The van der Waals surface area contributed by atoms with Crippen LogP contribution in [-0.2, 0) is 11.2 Å². The number of benzene rings is 1. The molecule has 0 unspecified atom stereocenters. The molecule has 0 aliphatic carbocycles.